The van der Waals surface area contributed by atoms with Crippen LogP contribution < -0.4 is 5.32 Å². The second kappa shape index (κ2) is 54.9. The van der Waals surface area contributed by atoms with Crippen molar-refractivity contribution in [1.29, 1.82) is 0 Å². The smallest absolute Gasteiger partial charge is 0.387 e. The number of phosphoric ester groups is 1. The van der Waals surface area contributed by atoms with Crippen molar-refractivity contribution in [1.82, 2.24) is 5.32 Å². The topological polar surface area (TPSA) is 105 Å². The van der Waals surface area contributed by atoms with Crippen LogP contribution in [0.4, 0.5) is 0 Å². The highest BCUT2D eigenvalue weighted by atomic mass is 31.2. The van der Waals surface area contributed by atoms with Crippen molar-refractivity contribution >= 4 is 13.7 Å². The standard InChI is InChI=1S/C66H109N2O6P/c1-6-8-10-12-14-16-18-20-22-23-24-25-26-27-28-29-30-31-32-33-34-35-36-37-38-39-40-41-42-43-44-45-46-48-50-52-54-56-58-60-66(70)67-64(63-74-75(71,72)73-62-61-68(3,4)5)65(69)59-57-55-53-51-49-47-21-19-17-15-13-11-9-7-2/h8,10,14,16-17,19-20,22,24-25,27-28,30-31,33-34,36-37,39-40,42-43,49,51,57,59,64-65,69H,6-7,9,11-13,15,18,21,23,26,29,32,35,38,41,44-48,50,52-56,58,60-63H2,1-5H3,(H-,67,70,71,72)/p+1/b10-8-,16-14-,19-17+,22-20-,25-24-,28-27-,31-30-,34-33-,37-36-,40-39-,43-42-,51-49+,59-57+. The van der Waals surface area contributed by atoms with Gasteiger partial charge in [0, 0.05) is 6.42 Å². The molecule has 3 N–H and O–H groups in total. The third kappa shape index (κ3) is 57.7. The second-order valence-electron chi connectivity index (χ2n) is 20.3. The molecule has 0 saturated carbocycles. The lowest BCUT2D eigenvalue weighted by Gasteiger charge is -2.25. The number of unbranched alkanes of at least 4 members (excludes halogenated alkanes) is 14. The van der Waals surface area contributed by atoms with Crippen LogP contribution in [0, 0.1) is 0 Å². The predicted molar refractivity (Wildman–Crippen MR) is 327 cm³/mol. The number of aliphatic hydroxyl groups is 1. The summed E-state index contributed by atoms with van der Waals surface area (Å²) in [6.07, 6.45) is 86.4. The molecule has 0 aliphatic carbocycles. The number of quaternary nitrogens is 1. The number of hydrogen-bond donors (Lipinski definition) is 3. The summed E-state index contributed by atoms with van der Waals surface area (Å²) in [6, 6.07) is -0.885. The second-order valence-corrected chi connectivity index (χ2v) is 21.7. The van der Waals surface area contributed by atoms with Gasteiger partial charge in [-0.1, -0.05) is 230 Å². The lowest BCUT2D eigenvalue weighted by molar-refractivity contribution is -0.870. The number of aliphatic hydroxyl groups excluding tert-OH is 1. The molecule has 0 aromatic rings. The first-order chi connectivity index (χ1) is 36.5. The van der Waals surface area contributed by atoms with E-state index in [1.165, 1.54) is 51.4 Å². The largest absolute Gasteiger partial charge is 0.472 e. The van der Waals surface area contributed by atoms with Crippen LogP contribution >= 0.6 is 7.82 Å². The van der Waals surface area contributed by atoms with Gasteiger partial charge in [0.25, 0.3) is 0 Å². The van der Waals surface area contributed by atoms with Crippen LogP contribution in [0.2, 0.25) is 0 Å². The average molecular weight is 1060 g/mol. The van der Waals surface area contributed by atoms with Crippen molar-refractivity contribution in [2.45, 2.75) is 212 Å². The maximum atomic E-state index is 13.0. The Morgan fingerprint density at radius 3 is 1.23 bits per heavy atom. The maximum absolute atomic E-state index is 13.0. The van der Waals surface area contributed by atoms with E-state index in [0.717, 1.165) is 128 Å². The predicted octanol–water partition coefficient (Wildman–Crippen LogP) is 18.3. The molecule has 0 aliphatic rings. The van der Waals surface area contributed by atoms with Crippen molar-refractivity contribution in [3.05, 3.63) is 158 Å². The van der Waals surface area contributed by atoms with E-state index >= 15 is 0 Å². The van der Waals surface area contributed by atoms with Crippen LogP contribution in [-0.2, 0) is 18.4 Å². The van der Waals surface area contributed by atoms with Gasteiger partial charge in [-0.25, -0.2) is 4.57 Å². The van der Waals surface area contributed by atoms with Gasteiger partial charge in [0.15, 0.2) is 0 Å². The van der Waals surface area contributed by atoms with E-state index in [1.807, 2.05) is 27.2 Å². The Kier molecular flexibility index (Phi) is 52.1. The molecule has 1 amide bonds. The van der Waals surface area contributed by atoms with Gasteiger partial charge in [-0.15, -0.1) is 0 Å². The summed E-state index contributed by atoms with van der Waals surface area (Å²) >= 11 is 0. The summed E-state index contributed by atoms with van der Waals surface area (Å²) in [5.41, 5.74) is 0. The summed E-state index contributed by atoms with van der Waals surface area (Å²) < 4.78 is 23.6. The Bertz CT molecular complexity index is 1770. The molecule has 8 nitrogen and oxygen atoms in total. The highest BCUT2D eigenvalue weighted by Gasteiger charge is 2.27. The summed E-state index contributed by atoms with van der Waals surface area (Å²) in [5, 5.41) is 13.9. The number of amides is 1. The zero-order chi connectivity index (χ0) is 54.9. The normalized spacial score (nSPS) is 15.0. The first-order valence-electron chi connectivity index (χ1n) is 29.4. The van der Waals surface area contributed by atoms with Crippen molar-refractivity contribution in [3.63, 3.8) is 0 Å². The van der Waals surface area contributed by atoms with E-state index in [0.29, 0.717) is 17.4 Å². The van der Waals surface area contributed by atoms with Crippen molar-refractivity contribution in [3.8, 4) is 0 Å². The molecule has 3 atom stereocenters. The summed E-state index contributed by atoms with van der Waals surface area (Å²) in [6.45, 7) is 4.61. The van der Waals surface area contributed by atoms with Gasteiger partial charge in [0.1, 0.15) is 13.2 Å². The number of nitrogens with zero attached hydrogens (tertiary/aromatic N) is 1. The Balaban J connectivity index is 4.19. The quantitative estimate of drug-likeness (QED) is 0.0243. The molecule has 0 heterocycles. The molecule has 0 rings (SSSR count). The van der Waals surface area contributed by atoms with Gasteiger partial charge in [-0.05, 0) is 122 Å². The molecule has 424 valence electrons. The van der Waals surface area contributed by atoms with Crippen LogP contribution in [0.25, 0.3) is 0 Å². The van der Waals surface area contributed by atoms with Crippen molar-refractivity contribution in [2.24, 2.45) is 0 Å². The fourth-order valence-corrected chi connectivity index (χ4v) is 8.13. The van der Waals surface area contributed by atoms with E-state index in [4.69, 9.17) is 9.05 Å². The molecule has 0 fully saturated rings. The lowest BCUT2D eigenvalue weighted by atomic mass is 10.1. The number of phosphoric acid groups is 1. The average Bonchev–Trinajstić information content (AvgIpc) is 3.37. The molecule has 75 heavy (non-hydrogen) atoms. The van der Waals surface area contributed by atoms with Gasteiger partial charge in [0.2, 0.25) is 5.91 Å². The molecule has 0 aromatic heterocycles. The van der Waals surface area contributed by atoms with Crippen LogP contribution in [0.1, 0.15) is 200 Å². The van der Waals surface area contributed by atoms with E-state index in [9.17, 15) is 19.4 Å². The Morgan fingerprint density at radius 1 is 0.467 bits per heavy atom. The van der Waals surface area contributed by atoms with E-state index in [2.05, 4.69) is 165 Å². The third-order valence-corrected chi connectivity index (χ3v) is 12.9. The highest BCUT2D eigenvalue weighted by Crippen LogP contribution is 2.43. The Morgan fingerprint density at radius 2 is 0.813 bits per heavy atom. The molecule has 9 heteroatoms. The van der Waals surface area contributed by atoms with Crippen LogP contribution in [0.3, 0.4) is 0 Å². The van der Waals surface area contributed by atoms with Crippen molar-refractivity contribution in [2.75, 3.05) is 40.9 Å². The molecular formula is C66H110N2O6P+. The van der Waals surface area contributed by atoms with Gasteiger partial charge in [-0.3, -0.25) is 13.8 Å². The number of carbonyl (C=O) groups excluding carboxylic acids is 1. The molecule has 0 saturated heterocycles. The number of rotatable bonds is 51. The molecule has 0 radical (unpaired) electrons. The molecule has 0 bridgehead atoms. The first-order valence-corrected chi connectivity index (χ1v) is 30.9. The number of hydrogen-bond acceptors (Lipinski definition) is 5. The molecule has 0 aromatic carbocycles. The van der Waals surface area contributed by atoms with Gasteiger partial charge < -0.3 is 19.8 Å². The minimum absolute atomic E-state index is 0.0434. The number of carbonyl (C=O) groups is 1. The lowest BCUT2D eigenvalue weighted by Crippen LogP contribution is -2.45. The molecule has 3 unspecified atom stereocenters. The summed E-state index contributed by atoms with van der Waals surface area (Å²) in [4.78, 5) is 23.3. The summed E-state index contributed by atoms with van der Waals surface area (Å²) in [5.74, 6) is -0.208. The Labute approximate surface area is 461 Å². The van der Waals surface area contributed by atoms with Crippen LogP contribution in [0.15, 0.2) is 158 Å². The van der Waals surface area contributed by atoms with Gasteiger partial charge in [0.05, 0.1) is 39.9 Å². The first kappa shape index (κ1) is 71.1. The Hall–Kier alpha value is -3.88. The monoisotopic (exact) mass is 1060 g/mol. The zero-order valence-corrected chi connectivity index (χ0v) is 49.1. The number of nitrogens with one attached hydrogen (secondary N) is 1. The molecular weight excluding hydrogens is 948 g/mol. The van der Waals surface area contributed by atoms with E-state index in [-0.39, 0.29) is 19.1 Å². The van der Waals surface area contributed by atoms with Gasteiger partial charge in [-0.2, -0.15) is 0 Å². The highest BCUT2D eigenvalue weighted by molar-refractivity contribution is 7.47. The van der Waals surface area contributed by atoms with Crippen LogP contribution in [-0.4, -0.2) is 73.4 Å². The van der Waals surface area contributed by atoms with Crippen molar-refractivity contribution < 1.29 is 32.9 Å². The molecule has 0 spiro atoms. The van der Waals surface area contributed by atoms with Crippen LogP contribution in [0.5, 0.6) is 0 Å². The fraction of sp³-hybridized carbons (Fsp3) is 0.591. The fourth-order valence-electron chi connectivity index (χ4n) is 7.39. The van der Waals surface area contributed by atoms with E-state index < -0.39 is 20.0 Å². The molecule has 0 aliphatic heterocycles. The minimum Gasteiger partial charge on any atom is -0.387 e. The number of likely N-dealkylation sites (N-methyl/N-ethyl adjacent to an activating group) is 1. The van der Waals surface area contributed by atoms with E-state index in [1.54, 1.807) is 6.08 Å². The number of allylic oxidation sites excluding steroid dienone is 25. The van der Waals surface area contributed by atoms with Gasteiger partial charge >= 0.3 is 7.82 Å². The third-order valence-electron chi connectivity index (χ3n) is 12.0. The zero-order valence-electron chi connectivity index (χ0n) is 48.2. The maximum Gasteiger partial charge on any atom is 0.472 e. The SMILES string of the molecule is CC/C=C\C/C=C\C/C=C\C/C=C\C/C=C\C/C=C\C/C=C\C/C=C\C/C=C\C/C=C\CCCCCCCCCCC(=O)NC(COP(=O)(O)OCC[N+](C)(C)C)C(O)/C=C/CC/C=C/CC/C=C/CCCCCC. The summed E-state index contributed by atoms with van der Waals surface area (Å²) in [7, 11) is 1.52. The minimum atomic E-state index is -4.37.